The molecule has 3 heteroatoms. The first-order chi connectivity index (χ1) is 8.29. The molecule has 0 heterocycles. The van der Waals surface area contributed by atoms with E-state index in [1.54, 1.807) is 0 Å². The third-order valence-electron chi connectivity index (χ3n) is 2.96. The van der Waals surface area contributed by atoms with Crippen LogP contribution >= 0.6 is 0 Å². The molecule has 2 aromatic carbocycles. The molecule has 0 fully saturated rings. The van der Waals surface area contributed by atoms with Crippen LogP contribution in [0, 0.1) is 0 Å². The molecule has 0 spiro atoms. The van der Waals surface area contributed by atoms with Crippen molar-refractivity contribution in [2.75, 3.05) is 20.3 Å². The van der Waals surface area contributed by atoms with Gasteiger partial charge in [-0.25, -0.2) is 5.43 Å². The summed E-state index contributed by atoms with van der Waals surface area (Å²) in [5.41, 5.74) is 4.03. The molecule has 0 aromatic heterocycles. The number of nitrogens with one attached hydrogen (secondary N) is 1. The van der Waals surface area contributed by atoms with Crippen molar-refractivity contribution >= 4 is 10.8 Å². The Morgan fingerprint density at radius 1 is 1.12 bits per heavy atom. The van der Waals surface area contributed by atoms with Gasteiger partial charge in [0.05, 0.1) is 6.67 Å². The number of rotatable bonds is 5. The summed E-state index contributed by atoms with van der Waals surface area (Å²) in [6.07, 6.45) is 1.04. The molecular weight excluding hydrogens is 210 g/mol. The van der Waals surface area contributed by atoms with Gasteiger partial charge in [-0.05, 0) is 29.8 Å². The zero-order chi connectivity index (χ0) is 12.1. The van der Waals surface area contributed by atoms with Crippen molar-refractivity contribution in [3.63, 3.8) is 0 Å². The number of hydrogen-bond acceptors (Lipinski definition) is 3. The average Bonchev–Trinajstić information content (AvgIpc) is 2.36. The predicted octanol–water partition coefficient (Wildman–Crippen LogP) is 1.73. The van der Waals surface area contributed by atoms with Crippen LogP contribution < -0.4 is 11.3 Å². The van der Waals surface area contributed by atoms with E-state index in [0.717, 1.165) is 13.0 Å². The molecule has 17 heavy (non-hydrogen) atoms. The van der Waals surface area contributed by atoms with Gasteiger partial charge < -0.3 is 0 Å². The van der Waals surface area contributed by atoms with Gasteiger partial charge >= 0.3 is 0 Å². The zero-order valence-corrected chi connectivity index (χ0v) is 10.2. The highest BCUT2D eigenvalue weighted by Gasteiger charge is 1.99. The van der Waals surface area contributed by atoms with Crippen molar-refractivity contribution < 1.29 is 0 Å². The Morgan fingerprint density at radius 2 is 1.88 bits per heavy atom. The third-order valence-corrected chi connectivity index (χ3v) is 2.96. The Morgan fingerprint density at radius 3 is 2.65 bits per heavy atom. The Hall–Kier alpha value is -1.42. The van der Waals surface area contributed by atoms with Crippen LogP contribution in [0.3, 0.4) is 0 Å². The number of likely N-dealkylation sites (N-methyl/N-ethyl adjacent to an activating group) is 1. The molecule has 0 unspecified atom stereocenters. The minimum absolute atomic E-state index is 0.716. The molecular formula is C14H19N3. The van der Waals surface area contributed by atoms with Crippen molar-refractivity contribution in [2.45, 2.75) is 6.42 Å². The molecule has 0 radical (unpaired) electrons. The average molecular weight is 229 g/mol. The second-order valence-corrected chi connectivity index (χ2v) is 4.37. The summed E-state index contributed by atoms with van der Waals surface area (Å²) in [5.74, 6) is 5.28. The first kappa shape index (κ1) is 12.0. The summed E-state index contributed by atoms with van der Waals surface area (Å²) < 4.78 is 0. The van der Waals surface area contributed by atoms with E-state index >= 15 is 0 Å². The lowest BCUT2D eigenvalue weighted by Gasteiger charge is -2.15. The van der Waals surface area contributed by atoms with Crippen molar-refractivity contribution in [1.82, 2.24) is 10.3 Å². The van der Waals surface area contributed by atoms with Crippen LogP contribution in [0.25, 0.3) is 10.8 Å². The van der Waals surface area contributed by atoms with E-state index in [-0.39, 0.29) is 0 Å². The van der Waals surface area contributed by atoms with Crippen LogP contribution in [0.15, 0.2) is 42.5 Å². The Kier molecular flexibility index (Phi) is 4.09. The van der Waals surface area contributed by atoms with E-state index in [4.69, 9.17) is 5.84 Å². The van der Waals surface area contributed by atoms with Crippen molar-refractivity contribution in [2.24, 2.45) is 5.84 Å². The summed E-state index contributed by atoms with van der Waals surface area (Å²) in [6.45, 7) is 1.72. The minimum atomic E-state index is 0.716. The number of hydrazine groups is 1. The first-order valence-electron chi connectivity index (χ1n) is 5.89. The SMILES string of the molecule is CN(CCc1ccc2ccccc2c1)CNN. The molecule has 0 aliphatic carbocycles. The van der Waals surface area contributed by atoms with Crippen LogP contribution in [0.5, 0.6) is 0 Å². The van der Waals surface area contributed by atoms with Gasteiger partial charge in [0.15, 0.2) is 0 Å². The van der Waals surface area contributed by atoms with Gasteiger partial charge in [0.25, 0.3) is 0 Å². The van der Waals surface area contributed by atoms with E-state index in [2.05, 4.69) is 59.8 Å². The minimum Gasteiger partial charge on any atom is -0.292 e. The van der Waals surface area contributed by atoms with Crippen LogP contribution in [-0.2, 0) is 6.42 Å². The number of nitrogens with zero attached hydrogens (tertiary/aromatic N) is 1. The summed E-state index contributed by atoms with van der Waals surface area (Å²) >= 11 is 0. The highest BCUT2D eigenvalue weighted by Crippen LogP contribution is 2.15. The first-order valence-corrected chi connectivity index (χ1v) is 5.89. The fraction of sp³-hybridized carbons (Fsp3) is 0.286. The fourth-order valence-electron chi connectivity index (χ4n) is 1.95. The highest BCUT2D eigenvalue weighted by molar-refractivity contribution is 5.82. The lowest BCUT2D eigenvalue weighted by molar-refractivity contribution is 0.313. The molecule has 0 aliphatic rings. The maximum absolute atomic E-state index is 5.28. The summed E-state index contributed by atoms with van der Waals surface area (Å²) in [4.78, 5) is 2.16. The van der Waals surface area contributed by atoms with E-state index in [9.17, 15) is 0 Å². The van der Waals surface area contributed by atoms with Crippen LogP contribution in [0.1, 0.15) is 5.56 Å². The second-order valence-electron chi connectivity index (χ2n) is 4.37. The number of benzene rings is 2. The molecule has 0 saturated heterocycles. The molecule has 0 bridgehead atoms. The molecule has 0 amide bonds. The topological polar surface area (TPSA) is 41.3 Å². The van der Waals surface area contributed by atoms with Gasteiger partial charge in [-0.1, -0.05) is 42.5 Å². The number of nitrogens with two attached hydrogens (primary N) is 1. The van der Waals surface area contributed by atoms with E-state index in [1.165, 1.54) is 16.3 Å². The molecule has 0 aliphatic heterocycles. The fourth-order valence-corrected chi connectivity index (χ4v) is 1.95. The predicted molar refractivity (Wildman–Crippen MR) is 72.5 cm³/mol. The smallest absolute Gasteiger partial charge is 0.0610 e. The van der Waals surface area contributed by atoms with Gasteiger partial charge in [-0.3, -0.25) is 10.7 Å². The van der Waals surface area contributed by atoms with Crippen molar-refractivity contribution in [3.8, 4) is 0 Å². The van der Waals surface area contributed by atoms with Crippen molar-refractivity contribution in [1.29, 1.82) is 0 Å². The summed E-state index contributed by atoms with van der Waals surface area (Å²) in [7, 11) is 2.06. The summed E-state index contributed by atoms with van der Waals surface area (Å²) in [5, 5.41) is 2.61. The molecule has 2 rings (SSSR count). The number of fused-ring (bicyclic) bond motifs is 1. The molecule has 2 aromatic rings. The van der Waals surface area contributed by atoms with Gasteiger partial charge in [0.1, 0.15) is 0 Å². The second kappa shape index (κ2) is 5.77. The van der Waals surface area contributed by atoms with E-state index in [0.29, 0.717) is 6.67 Å². The largest absolute Gasteiger partial charge is 0.292 e. The van der Waals surface area contributed by atoms with Crippen molar-refractivity contribution in [3.05, 3.63) is 48.0 Å². The molecule has 90 valence electrons. The number of hydrogen-bond donors (Lipinski definition) is 2. The normalized spacial score (nSPS) is 11.2. The van der Waals surface area contributed by atoms with Crippen LogP contribution in [0.2, 0.25) is 0 Å². The Labute approximate surface area is 102 Å². The Bertz CT molecular complexity index is 482. The molecule has 3 nitrogen and oxygen atoms in total. The summed E-state index contributed by atoms with van der Waals surface area (Å²) in [6, 6.07) is 15.1. The van der Waals surface area contributed by atoms with Gasteiger partial charge in [-0.2, -0.15) is 0 Å². The highest BCUT2D eigenvalue weighted by atomic mass is 15.3. The van der Waals surface area contributed by atoms with E-state index < -0.39 is 0 Å². The monoisotopic (exact) mass is 229 g/mol. The standard InChI is InChI=1S/C14H19N3/c1-17(11-16-15)9-8-12-6-7-13-4-2-3-5-14(13)10-12/h2-7,10,16H,8-9,11,15H2,1H3. The van der Waals surface area contributed by atoms with Gasteiger partial charge in [0, 0.05) is 6.54 Å². The quantitative estimate of drug-likeness (QED) is 0.466. The lowest BCUT2D eigenvalue weighted by Crippen LogP contribution is -2.36. The molecule has 0 saturated carbocycles. The maximum atomic E-state index is 5.28. The van der Waals surface area contributed by atoms with Crippen LogP contribution in [0.4, 0.5) is 0 Å². The Balaban J connectivity index is 2.04. The third kappa shape index (κ3) is 3.27. The van der Waals surface area contributed by atoms with Gasteiger partial charge in [0.2, 0.25) is 0 Å². The maximum Gasteiger partial charge on any atom is 0.0610 e. The van der Waals surface area contributed by atoms with Crippen LogP contribution in [-0.4, -0.2) is 25.2 Å². The lowest BCUT2D eigenvalue weighted by atomic mass is 10.1. The zero-order valence-electron chi connectivity index (χ0n) is 10.2. The van der Waals surface area contributed by atoms with Gasteiger partial charge in [-0.15, -0.1) is 0 Å². The molecule has 3 N–H and O–H groups in total. The van der Waals surface area contributed by atoms with E-state index in [1.807, 2.05) is 0 Å². The molecule has 0 atom stereocenters.